The highest BCUT2D eigenvalue weighted by Gasteiger charge is 2.34. The Hall–Kier alpha value is -1.91. The molecule has 3 heterocycles. The Morgan fingerprint density at radius 1 is 1.12 bits per heavy atom. The molecule has 1 amide bonds. The van der Waals surface area contributed by atoms with E-state index < -0.39 is 12.0 Å². The quantitative estimate of drug-likeness (QED) is 0.287. The molecule has 3 aliphatic heterocycles. The number of hydrogen-bond donors (Lipinski definition) is 4. The lowest BCUT2D eigenvalue weighted by Gasteiger charge is -2.40. The summed E-state index contributed by atoms with van der Waals surface area (Å²) in [5.41, 5.74) is 5.56. The number of amides is 1. The summed E-state index contributed by atoms with van der Waals surface area (Å²) in [5.74, 6) is -0.905. The fourth-order valence-corrected chi connectivity index (χ4v) is 5.40. The molecule has 0 aromatic rings. The molecule has 0 saturated carbocycles. The number of carbonyl (C=O) groups is 2. The molecule has 10 nitrogen and oxygen atoms in total. The highest BCUT2D eigenvalue weighted by Crippen LogP contribution is 2.23. The third kappa shape index (κ3) is 7.82. The van der Waals surface area contributed by atoms with Crippen LogP contribution in [0.25, 0.3) is 0 Å². The van der Waals surface area contributed by atoms with E-state index in [4.69, 9.17) is 15.9 Å². The molecule has 0 aromatic carbocycles. The molecule has 0 radical (unpaired) electrons. The first-order chi connectivity index (χ1) is 15.8. The van der Waals surface area contributed by atoms with Crippen molar-refractivity contribution in [3.63, 3.8) is 0 Å². The zero-order valence-electron chi connectivity index (χ0n) is 20.0. The highest BCUT2D eigenvalue weighted by molar-refractivity contribution is 5.86. The van der Waals surface area contributed by atoms with E-state index in [9.17, 15) is 14.7 Å². The van der Waals surface area contributed by atoms with E-state index >= 15 is 0 Å². The van der Waals surface area contributed by atoms with Gasteiger partial charge in [-0.3, -0.25) is 15.0 Å². The molecule has 3 fully saturated rings. The number of nitrogens with two attached hydrogens (primary N) is 1. The minimum Gasteiger partial charge on any atom is -0.481 e. The summed E-state index contributed by atoms with van der Waals surface area (Å²) in [6.45, 7) is 4.63. The minimum absolute atomic E-state index is 0.0786. The molecule has 1 unspecified atom stereocenters. The van der Waals surface area contributed by atoms with Gasteiger partial charge in [-0.2, -0.15) is 0 Å². The number of guanidine groups is 1. The van der Waals surface area contributed by atoms with E-state index in [0.29, 0.717) is 13.2 Å². The van der Waals surface area contributed by atoms with Crippen molar-refractivity contribution < 1.29 is 19.4 Å². The van der Waals surface area contributed by atoms with Crippen LogP contribution in [0.2, 0.25) is 0 Å². The number of rotatable bonds is 9. The lowest BCUT2D eigenvalue weighted by atomic mass is 9.97. The first kappa shape index (κ1) is 25.7. The van der Waals surface area contributed by atoms with Crippen molar-refractivity contribution in [2.45, 2.75) is 82.0 Å². The third-order valence-corrected chi connectivity index (χ3v) is 7.24. The first-order valence-electron chi connectivity index (χ1n) is 12.5. The van der Waals surface area contributed by atoms with Crippen LogP contribution in [0.5, 0.6) is 0 Å². The maximum absolute atomic E-state index is 13.5. The fourth-order valence-electron chi connectivity index (χ4n) is 5.40. The van der Waals surface area contributed by atoms with E-state index in [-0.39, 0.29) is 36.5 Å². The van der Waals surface area contributed by atoms with E-state index in [0.717, 1.165) is 77.5 Å². The molecule has 5 N–H and O–H groups in total. The lowest BCUT2D eigenvalue weighted by molar-refractivity contribution is -0.145. The SMILES string of the molecule is CN1CCCC(N[C@@H](CC(=O)O)C(=O)N2CCCC[C@H]2CCOC2CCN(C(=N)N)CC2)C1. The third-order valence-electron chi connectivity index (χ3n) is 7.24. The Balaban J connectivity index is 1.52. The number of likely N-dealkylation sites (tertiary alicyclic amines) is 3. The zero-order valence-corrected chi connectivity index (χ0v) is 20.0. The standard InChI is InChI=1S/C23H42N6O4/c1-27-10-4-5-17(16-27)26-20(15-21(30)31)22(32)29-11-3-2-6-18(29)9-14-33-19-7-12-28(13-8-19)23(24)25/h17-20,26H,2-16H2,1H3,(H3,24,25)(H,30,31)/t17?,18-,20-/m0/s1. The van der Waals surface area contributed by atoms with Gasteiger partial charge >= 0.3 is 5.97 Å². The highest BCUT2D eigenvalue weighted by atomic mass is 16.5. The number of hydrogen-bond acceptors (Lipinski definition) is 6. The second-order valence-electron chi connectivity index (χ2n) is 9.83. The lowest BCUT2D eigenvalue weighted by Crippen LogP contribution is -2.57. The van der Waals surface area contributed by atoms with Gasteiger partial charge in [-0.25, -0.2) is 0 Å². The molecule has 10 heteroatoms. The second-order valence-corrected chi connectivity index (χ2v) is 9.83. The van der Waals surface area contributed by atoms with Crippen LogP contribution in [0.3, 0.4) is 0 Å². The van der Waals surface area contributed by atoms with Crippen LogP contribution in [0, 0.1) is 5.41 Å². The molecule has 0 spiro atoms. The van der Waals surface area contributed by atoms with Crippen molar-refractivity contribution in [3.8, 4) is 0 Å². The topological polar surface area (TPSA) is 135 Å². The molecule has 3 aliphatic rings. The summed E-state index contributed by atoms with van der Waals surface area (Å²) < 4.78 is 6.11. The molecule has 0 aliphatic carbocycles. The largest absolute Gasteiger partial charge is 0.481 e. The van der Waals surface area contributed by atoms with Crippen LogP contribution in [0.15, 0.2) is 0 Å². The number of nitrogens with one attached hydrogen (secondary N) is 2. The van der Waals surface area contributed by atoms with Gasteiger partial charge in [0, 0.05) is 44.9 Å². The van der Waals surface area contributed by atoms with Gasteiger partial charge in [0.15, 0.2) is 5.96 Å². The zero-order chi connectivity index (χ0) is 23.8. The summed E-state index contributed by atoms with van der Waals surface area (Å²) in [4.78, 5) is 31.0. The van der Waals surface area contributed by atoms with Crippen LogP contribution in [-0.2, 0) is 14.3 Å². The predicted molar refractivity (Wildman–Crippen MR) is 126 cm³/mol. The number of nitrogens with zero attached hydrogens (tertiary/aromatic N) is 3. The Labute approximate surface area is 197 Å². The first-order valence-corrected chi connectivity index (χ1v) is 12.5. The van der Waals surface area contributed by atoms with Gasteiger partial charge < -0.3 is 35.6 Å². The molecule has 3 saturated heterocycles. The van der Waals surface area contributed by atoms with Gasteiger partial charge in [0.1, 0.15) is 0 Å². The molecule has 188 valence electrons. The van der Waals surface area contributed by atoms with Crippen molar-refractivity contribution in [2.75, 3.05) is 46.4 Å². The molecule has 3 atom stereocenters. The van der Waals surface area contributed by atoms with Gasteiger partial charge in [-0.1, -0.05) is 0 Å². The van der Waals surface area contributed by atoms with E-state index in [1.165, 1.54) is 0 Å². The van der Waals surface area contributed by atoms with E-state index in [1.807, 2.05) is 9.80 Å². The van der Waals surface area contributed by atoms with Gasteiger partial charge in [0.05, 0.1) is 18.6 Å². The summed E-state index contributed by atoms with van der Waals surface area (Å²) in [6, 6.07) is -0.448. The fraction of sp³-hybridized carbons (Fsp3) is 0.870. The number of likely N-dealkylation sites (N-methyl/N-ethyl adjacent to an activating group) is 1. The average Bonchev–Trinajstić information content (AvgIpc) is 2.78. The van der Waals surface area contributed by atoms with Crippen molar-refractivity contribution in [2.24, 2.45) is 5.73 Å². The summed E-state index contributed by atoms with van der Waals surface area (Å²) in [5, 5.41) is 20.4. The number of carboxylic acid groups (broad SMARTS) is 1. The molecule has 33 heavy (non-hydrogen) atoms. The summed E-state index contributed by atoms with van der Waals surface area (Å²) >= 11 is 0. The van der Waals surface area contributed by atoms with E-state index in [2.05, 4.69) is 17.3 Å². The monoisotopic (exact) mass is 466 g/mol. The van der Waals surface area contributed by atoms with Crippen LogP contribution in [-0.4, -0.2) is 108 Å². The van der Waals surface area contributed by atoms with Gasteiger partial charge in [0.2, 0.25) is 5.91 Å². The predicted octanol–water partition coefficient (Wildman–Crippen LogP) is 0.659. The number of carboxylic acids is 1. The molecular formula is C23H42N6O4. The van der Waals surface area contributed by atoms with Crippen LogP contribution in [0.1, 0.15) is 57.8 Å². The summed E-state index contributed by atoms with van der Waals surface area (Å²) in [6.07, 6.45) is 7.44. The van der Waals surface area contributed by atoms with Crippen LogP contribution in [0.4, 0.5) is 0 Å². The van der Waals surface area contributed by atoms with Crippen molar-refractivity contribution in [1.29, 1.82) is 5.41 Å². The van der Waals surface area contributed by atoms with Crippen LogP contribution < -0.4 is 11.1 Å². The van der Waals surface area contributed by atoms with Crippen molar-refractivity contribution in [3.05, 3.63) is 0 Å². The smallest absolute Gasteiger partial charge is 0.305 e. The Bertz CT molecular complexity index is 669. The Kier molecular flexibility index (Phi) is 9.76. The number of carbonyl (C=O) groups excluding carboxylic acids is 1. The number of aliphatic carboxylic acids is 1. The summed E-state index contributed by atoms with van der Waals surface area (Å²) in [7, 11) is 2.06. The van der Waals surface area contributed by atoms with E-state index in [1.54, 1.807) is 0 Å². The number of piperidine rings is 3. The second kappa shape index (κ2) is 12.5. The normalized spacial score (nSPS) is 26.2. The molecule has 0 aromatic heterocycles. The van der Waals surface area contributed by atoms with Crippen molar-refractivity contribution in [1.82, 2.24) is 20.0 Å². The van der Waals surface area contributed by atoms with Crippen LogP contribution >= 0.6 is 0 Å². The Morgan fingerprint density at radius 3 is 2.55 bits per heavy atom. The number of ether oxygens (including phenoxy) is 1. The minimum atomic E-state index is -0.946. The average molecular weight is 467 g/mol. The van der Waals surface area contributed by atoms with Gasteiger partial charge in [0.25, 0.3) is 0 Å². The Morgan fingerprint density at radius 2 is 1.88 bits per heavy atom. The maximum atomic E-state index is 13.5. The molecular weight excluding hydrogens is 424 g/mol. The van der Waals surface area contributed by atoms with Gasteiger partial charge in [-0.15, -0.1) is 0 Å². The maximum Gasteiger partial charge on any atom is 0.305 e. The molecule has 0 bridgehead atoms. The molecule has 3 rings (SSSR count). The van der Waals surface area contributed by atoms with Gasteiger partial charge in [-0.05, 0) is 65.0 Å². The van der Waals surface area contributed by atoms with Crippen molar-refractivity contribution >= 4 is 17.8 Å².